The zero-order valence-electron chi connectivity index (χ0n) is 29.8. The van der Waals surface area contributed by atoms with Crippen molar-refractivity contribution in [2.45, 2.75) is 64.6 Å². The van der Waals surface area contributed by atoms with Crippen LogP contribution in [0.1, 0.15) is 69.1 Å². The smallest absolute Gasteiger partial charge is 0.243 e. The molecule has 1 aliphatic carbocycles. The summed E-state index contributed by atoms with van der Waals surface area (Å²) in [4.78, 5) is 48.7. The van der Waals surface area contributed by atoms with Crippen molar-refractivity contribution in [1.29, 1.82) is 0 Å². The lowest BCUT2D eigenvalue weighted by atomic mass is 9.95. The number of rotatable bonds is 14. The third-order valence-electron chi connectivity index (χ3n) is 9.39. The number of hydrogen-bond donors (Lipinski definition) is 4. The number of ether oxygens (including phenoxy) is 3. The minimum absolute atomic E-state index is 0.0948. The molecule has 266 valence electrons. The summed E-state index contributed by atoms with van der Waals surface area (Å²) in [6, 6.07) is 13.3. The molecule has 2 amide bonds. The van der Waals surface area contributed by atoms with Crippen molar-refractivity contribution in [2.24, 2.45) is 5.92 Å². The Labute approximate surface area is 297 Å². The van der Waals surface area contributed by atoms with Crippen molar-refractivity contribution < 1.29 is 23.8 Å². The van der Waals surface area contributed by atoms with Gasteiger partial charge in [0, 0.05) is 12.5 Å². The molecule has 0 aliphatic heterocycles. The Balaban J connectivity index is 1.57. The molecule has 1 aromatic heterocycles. The molecule has 0 radical (unpaired) electrons. The van der Waals surface area contributed by atoms with Crippen molar-refractivity contribution in [1.82, 2.24) is 20.6 Å². The Morgan fingerprint density at radius 1 is 1.06 bits per heavy atom. The number of carbonyl (C=O) groups is 2. The van der Waals surface area contributed by atoms with E-state index in [1.54, 1.807) is 45.2 Å². The van der Waals surface area contributed by atoms with E-state index in [0.717, 1.165) is 28.6 Å². The van der Waals surface area contributed by atoms with Gasteiger partial charge < -0.3 is 35.1 Å². The van der Waals surface area contributed by atoms with Crippen molar-refractivity contribution in [2.75, 3.05) is 38.7 Å². The highest BCUT2D eigenvalue weighted by molar-refractivity contribution is 7.98. The highest BCUT2D eigenvalue weighted by Crippen LogP contribution is 2.50. The maximum absolute atomic E-state index is 14.1. The second kappa shape index (κ2) is 16.3. The molecular formula is C38H47N5O6S. The number of aryl methyl sites for hydroxylation is 1. The topological polar surface area (TPSA) is 144 Å². The number of amides is 2. The molecule has 50 heavy (non-hydrogen) atoms. The first-order chi connectivity index (χ1) is 24.1. The second-order valence-electron chi connectivity index (χ2n) is 12.6. The predicted octanol–water partition coefficient (Wildman–Crippen LogP) is 6.18. The third kappa shape index (κ3) is 7.70. The molecule has 0 fully saturated rings. The average molecular weight is 702 g/mol. The predicted molar refractivity (Wildman–Crippen MR) is 200 cm³/mol. The van der Waals surface area contributed by atoms with Crippen LogP contribution in [0.15, 0.2) is 53.3 Å². The SMILES string of the molecule is CCC(C)C(NC(=O)C(CCSC)Nc1ccc2c(cc1=O)C(NC(C)=O)CCc1cc(OC)c(OC)c(OC)c1-2)c1nc2ccccc2[nH]1. The van der Waals surface area contributed by atoms with Gasteiger partial charge in [0.2, 0.25) is 23.0 Å². The molecule has 0 saturated heterocycles. The van der Waals surface area contributed by atoms with Crippen LogP contribution < -0.4 is 35.6 Å². The van der Waals surface area contributed by atoms with Crippen LogP contribution in [0.5, 0.6) is 17.2 Å². The number of benzene rings is 2. The number of nitrogens with one attached hydrogen (secondary N) is 4. The van der Waals surface area contributed by atoms with Gasteiger partial charge in [-0.25, -0.2) is 4.98 Å². The highest BCUT2D eigenvalue weighted by Gasteiger charge is 2.31. The van der Waals surface area contributed by atoms with Crippen LogP contribution in [0, 0.1) is 5.92 Å². The number of imidazole rings is 1. The Morgan fingerprint density at radius 2 is 1.82 bits per heavy atom. The molecule has 0 bridgehead atoms. The maximum atomic E-state index is 14.1. The molecular weight excluding hydrogens is 655 g/mol. The van der Waals surface area contributed by atoms with E-state index < -0.39 is 12.1 Å². The first kappa shape index (κ1) is 36.6. The molecule has 0 saturated carbocycles. The van der Waals surface area contributed by atoms with Gasteiger partial charge in [0.25, 0.3) is 0 Å². The minimum atomic E-state index is -0.703. The second-order valence-corrected chi connectivity index (χ2v) is 13.6. The molecule has 3 aromatic carbocycles. The minimum Gasteiger partial charge on any atom is -0.493 e. The normalized spacial score (nSPS) is 15.5. The van der Waals surface area contributed by atoms with E-state index in [1.807, 2.05) is 42.7 Å². The Hall–Kier alpha value is -4.71. The van der Waals surface area contributed by atoms with Crippen molar-refractivity contribution >= 4 is 40.3 Å². The molecule has 4 unspecified atom stereocenters. The Morgan fingerprint density at radius 3 is 2.48 bits per heavy atom. The number of thioether (sulfide) groups is 1. The van der Waals surface area contributed by atoms with Crippen LogP contribution in [0.25, 0.3) is 22.2 Å². The average Bonchev–Trinajstić information content (AvgIpc) is 3.41. The van der Waals surface area contributed by atoms with Crippen molar-refractivity contribution in [3.63, 3.8) is 0 Å². The van der Waals surface area contributed by atoms with Gasteiger partial charge in [-0.15, -0.1) is 0 Å². The summed E-state index contributed by atoms with van der Waals surface area (Å²) in [7, 11) is 4.68. The first-order valence-electron chi connectivity index (χ1n) is 16.9. The summed E-state index contributed by atoms with van der Waals surface area (Å²) in [5.74, 6) is 2.48. The van der Waals surface area contributed by atoms with E-state index in [1.165, 1.54) is 6.92 Å². The molecule has 1 heterocycles. The van der Waals surface area contributed by atoms with Crippen molar-refractivity contribution in [3.05, 3.63) is 75.7 Å². The lowest BCUT2D eigenvalue weighted by molar-refractivity contribution is -0.123. The molecule has 1 aliphatic rings. The lowest BCUT2D eigenvalue weighted by Gasteiger charge is -2.26. The lowest BCUT2D eigenvalue weighted by Crippen LogP contribution is -2.44. The summed E-state index contributed by atoms with van der Waals surface area (Å²) in [5.41, 5.74) is 4.76. The number of hydrogen-bond acceptors (Lipinski definition) is 9. The van der Waals surface area contributed by atoms with Gasteiger partial charge in [0.05, 0.1) is 50.1 Å². The fourth-order valence-corrected chi connectivity index (χ4v) is 7.08. The van der Waals surface area contributed by atoms with Crippen molar-refractivity contribution in [3.8, 4) is 28.4 Å². The Bertz CT molecular complexity index is 1880. The van der Waals surface area contributed by atoms with Crippen LogP contribution in [0.2, 0.25) is 0 Å². The van der Waals surface area contributed by atoms with E-state index in [2.05, 4.69) is 34.8 Å². The Kier molecular flexibility index (Phi) is 11.9. The maximum Gasteiger partial charge on any atom is 0.243 e. The van der Waals surface area contributed by atoms with Gasteiger partial charge in [0.1, 0.15) is 11.9 Å². The summed E-state index contributed by atoms with van der Waals surface area (Å²) in [6.07, 6.45) is 4.43. The summed E-state index contributed by atoms with van der Waals surface area (Å²) in [6.45, 7) is 5.64. The van der Waals surface area contributed by atoms with E-state index in [0.29, 0.717) is 59.2 Å². The van der Waals surface area contributed by atoms with Gasteiger partial charge in [-0.05, 0) is 84.2 Å². The number of aromatic nitrogens is 2. The molecule has 11 nitrogen and oxygen atoms in total. The number of methoxy groups -OCH3 is 3. The zero-order chi connectivity index (χ0) is 35.9. The monoisotopic (exact) mass is 701 g/mol. The number of aromatic amines is 1. The van der Waals surface area contributed by atoms with Crippen LogP contribution in [0.4, 0.5) is 5.69 Å². The van der Waals surface area contributed by atoms with Gasteiger partial charge in [-0.3, -0.25) is 14.4 Å². The highest BCUT2D eigenvalue weighted by atomic mass is 32.2. The standard InChI is InChI=1S/C38H47N5O6S/c1-8-21(2)34(37-41-27-11-9-10-12-28(27)42-37)43-38(46)30(17-18-50-7)40-29-16-14-24-25(20-31(29)45)26(39-22(3)44)15-13-23-19-32(47-4)35(48-5)36(49-6)33(23)24/h9-12,14,16,19-21,26,30,34H,8,13,15,17-18H2,1-7H3,(H,39,44)(H,40,45)(H,41,42)(H,43,46). The molecule has 4 N–H and O–H groups in total. The number of fused-ring (bicyclic) bond motifs is 4. The fraction of sp³-hybridized carbons (Fsp3) is 0.421. The molecule has 4 aromatic rings. The van der Waals surface area contributed by atoms with Gasteiger partial charge in [-0.2, -0.15) is 11.8 Å². The van der Waals surface area contributed by atoms with E-state index >= 15 is 0 Å². The number of H-pyrrole nitrogens is 1. The van der Waals surface area contributed by atoms with E-state index in [-0.39, 0.29) is 34.9 Å². The number of carbonyl (C=O) groups excluding carboxylic acids is 2. The molecule has 5 rings (SSSR count). The van der Waals surface area contributed by atoms with Crippen LogP contribution in [0.3, 0.4) is 0 Å². The van der Waals surface area contributed by atoms with Gasteiger partial charge >= 0.3 is 0 Å². The molecule has 4 atom stereocenters. The van der Waals surface area contributed by atoms with Gasteiger partial charge in [-0.1, -0.05) is 38.5 Å². The number of para-hydroxylation sites is 2. The zero-order valence-corrected chi connectivity index (χ0v) is 30.6. The third-order valence-corrected chi connectivity index (χ3v) is 10.0. The number of nitrogens with zero attached hydrogens (tertiary/aromatic N) is 1. The summed E-state index contributed by atoms with van der Waals surface area (Å²) < 4.78 is 17.3. The van der Waals surface area contributed by atoms with Gasteiger partial charge in [0.15, 0.2) is 11.5 Å². The van der Waals surface area contributed by atoms with E-state index in [4.69, 9.17) is 19.2 Å². The fourth-order valence-electron chi connectivity index (χ4n) is 6.61. The molecule has 12 heteroatoms. The van der Waals surface area contributed by atoms with Crippen LogP contribution >= 0.6 is 11.8 Å². The summed E-state index contributed by atoms with van der Waals surface area (Å²) in [5, 5.41) is 9.59. The van der Waals surface area contributed by atoms with E-state index in [9.17, 15) is 14.4 Å². The summed E-state index contributed by atoms with van der Waals surface area (Å²) >= 11 is 1.63. The van der Waals surface area contributed by atoms with Crippen LogP contribution in [-0.4, -0.2) is 61.2 Å². The largest absolute Gasteiger partial charge is 0.493 e. The van der Waals surface area contributed by atoms with Crippen LogP contribution in [-0.2, 0) is 16.0 Å². The first-order valence-corrected chi connectivity index (χ1v) is 18.3. The quantitative estimate of drug-likeness (QED) is 0.121. The molecule has 0 spiro atoms. The number of anilines is 1.